The monoisotopic (exact) mass is 216 g/mol. The van der Waals surface area contributed by atoms with Gasteiger partial charge in [0.2, 0.25) is 0 Å². The minimum atomic E-state index is -0.0306. The summed E-state index contributed by atoms with van der Waals surface area (Å²) in [5.74, 6) is 0. The van der Waals surface area contributed by atoms with Crippen molar-refractivity contribution in [3.05, 3.63) is 21.0 Å². The molecular formula is C7H9BrN2O. The summed E-state index contributed by atoms with van der Waals surface area (Å²) in [6.45, 7) is 0. The highest BCUT2D eigenvalue weighted by atomic mass is 79.9. The molecule has 1 N–H and O–H groups in total. The van der Waals surface area contributed by atoms with Crippen molar-refractivity contribution in [1.82, 2.24) is 9.78 Å². The van der Waals surface area contributed by atoms with E-state index in [1.54, 1.807) is 0 Å². The zero-order chi connectivity index (χ0) is 7.84. The first kappa shape index (κ1) is 7.16. The lowest BCUT2D eigenvalue weighted by molar-refractivity contribution is 0.288. The summed E-state index contributed by atoms with van der Waals surface area (Å²) in [6, 6.07) is 0.536. The van der Waals surface area contributed by atoms with Crippen LogP contribution in [-0.4, -0.2) is 9.78 Å². The van der Waals surface area contributed by atoms with Gasteiger partial charge in [-0.25, -0.2) is 0 Å². The van der Waals surface area contributed by atoms with Crippen LogP contribution in [-0.2, 0) is 0 Å². The summed E-state index contributed by atoms with van der Waals surface area (Å²) >= 11 is 3.17. The van der Waals surface area contributed by atoms with Crippen LogP contribution in [0.1, 0.15) is 25.3 Å². The molecule has 1 saturated carbocycles. The molecule has 2 rings (SSSR count). The molecule has 0 atom stereocenters. The molecule has 0 amide bonds. The maximum Gasteiger partial charge on any atom is 0.278 e. The Kier molecular flexibility index (Phi) is 1.64. The van der Waals surface area contributed by atoms with Crippen molar-refractivity contribution in [2.75, 3.05) is 0 Å². The molecule has 60 valence electrons. The van der Waals surface area contributed by atoms with Crippen LogP contribution in [0.5, 0.6) is 0 Å². The fourth-order valence-corrected chi connectivity index (χ4v) is 1.55. The Morgan fingerprint density at radius 3 is 2.73 bits per heavy atom. The van der Waals surface area contributed by atoms with Crippen LogP contribution >= 0.6 is 15.9 Å². The lowest BCUT2D eigenvalue weighted by atomic mass is 9.93. The van der Waals surface area contributed by atoms with Crippen molar-refractivity contribution >= 4 is 15.9 Å². The van der Waals surface area contributed by atoms with Gasteiger partial charge < -0.3 is 0 Å². The largest absolute Gasteiger partial charge is 0.288 e. The molecule has 1 fully saturated rings. The zero-order valence-electron chi connectivity index (χ0n) is 6.01. The van der Waals surface area contributed by atoms with Gasteiger partial charge in [-0.2, -0.15) is 0 Å². The van der Waals surface area contributed by atoms with E-state index in [2.05, 4.69) is 21.0 Å². The minimum Gasteiger partial charge on any atom is -0.288 e. The number of hydrogen-bond donors (Lipinski definition) is 1. The Balaban J connectivity index is 2.31. The summed E-state index contributed by atoms with van der Waals surface area (Å²) < 4.78 is 2.53. The maximum absolute atomic E-state index is 11.0. The lowest BCUT2D eigenvalue weighted by Gasteiger charge is -2.25. The number of aromatic amines is 1. The summed E-state index contributed by atoms with van der Waals surface area (Å²) in [4.78, 5) is 11.0. The second-order valence-corrected chi connectivity index (χ2v) is 3.76. The van der Waals surface area contributed by atoms with Gasteiger partial charge in [-0.15, -0.1) is 0 Å². The van der Waals surface area contributed by atoms with E-state index in [9.17, 15) is 4.79 Å². The van der Waals surface area contributed by atoms with E-state index in [1.807, 2.05) is 10.9 Å². The van der Waals surface area contributed by atoms with Crippen LogP contribution in [0.4, 0.5) is 0 Å². The topological polar surface area (TPSA) is 37.8 Å². The highest BCUT2D eigenvalue weighted by Crippen LogP contribution is 2.30. The van der Waals surface area contributed by atoms with Crippen molar-refractivity contribution in [1.29, 1.82) is 0 Å². The van der Waals surface area contributed by atoms with E-state index in [0.29, 0.717) is 10.5 Å². The van der Waals surface area contributed by atoms with E-state index in [-0.39, 0.29) is 5.56 Å². The molecule has 1 aromatic heterocycles. The number of hydrogen-bond acceptors (Lipinski definition) is 1. The Labute approximate surface area is 72.5 Å². The molecule has 4 heteroatoms. The van der Waals surface area contributed by atoms with Crippen LogP contribution in [0.2, 0.25) is 0 Å². The summed E-state index contributed by atoms with van der Waals surface area (Å²) in [6.07, 6.45) is 5.49. The van der Waals surface area contributed by atoms with E-state index in [4.69, 9.17) is 0 Å². The Hall–Kier alpha value is -0.510. The standard InChI is InChI=1S/C7H9BrN2O/c8-6-4-10(9-7(6)11)5-2-1-3-5/h4-5H,1-3H2,(H,9,11). The smallest absolute Gasteiger partial charge is 0.278 e. The van der Waals surface area contributed by atoms with Gasteiger partial charge in [0.15, 0.2) is 0 Å². The van der Waals surface area contributed by atoms with E-state index in [1.165, 1.54) is 19.3 Å². The van der Waals surface area contributed by atoms with Gasteiger partial charge in [0, 0.05) is 12.2 Å². The third kappa shape index (κ3) is 1.15. The van der Waals surface area contributed by atoms with E-state index < -0.39 is 0 Å². The molecule has 0 unspecified atom stereocenters. The Morgan fingerprint density at radius 2 is 2.36 bits per heavy atom. The molecule has 1 aromatic rings. The highest BCUT2D eigenvalue weighted by Gasteiger charge is 2.19. The lowest BCUT2D eigenvalue weighted by Crippen LogP contribution is -2.19. The molecule has 0 radical (unpaired) electrons. The molecule has 0 aliphatic heterocycles. The Bertz CT molecular complexity index is 310. The second kappa shape index (κ2) is 2.52. The summed E-state index contributed by atoms with van der Waals surface area (Å²) in [5.41, 5.74) is -0.0306. The van der Waals surface area contributed by atoms with Crippen molar-refractivity contribution in [3.63, 3.8) is 0 Å². The number of rotatable bonds is 1. The summed E-state index contributed by atoms with van der Waals surface area (Å²) in [7, 11) is 0. The zero-order valence-corrected chi connectivity index (χ0v) is 7.60. The molecule has 0 saturated heterocycles. The van der Waals surface area contributed by atoms with E-state index >= 15 is 0 Å². The average Bonchev–Trinajstić information content (AvgIpc) is 2.08. The highest BCUT2D eigenvalue weighted by molar-refractivity contribution is 9.10. The van der Waals surface area contributed by atoms with Gasteiger partial charge in [-0.05, 0) is 35.2 Å². The van der Waals surface area contributed by atoms with Gasteiger partial charge >= 0.3 is 0 Å². The molecule has 3 nitrogen and oxygen atoms in total. The van der Waals surface area contributed by atoms with Crippen molar-refractivity contribution in [3.8, 4) is 0 Å². The second-order valence-electron chi connectivity index (χ2n) is 2.91. The number of halogens is 1. The average molecular weight is 217 g/mol. The molecule has 0 aromatic carbocycles. The summed E-state index contributed by atoms with van der Waals surface area (Å²) in [5, 5.41) is 2.76. The number of H-pyrrole nitrogens is 1. The number of nitrogens with zero attached hydrogens (tertiary/aromatic N) is 1. The van der Waals surface area contributed by atoms with Crippen molar-refractivity contribution < 1.29 is 0 Å². The van der Waals surface area contributed by atoms with Gasteiger partial charge in [0.25, 0.3) is 5.56 Å². The van der Waals surface area contributed by atoms with Gasteiger partial charge in [0.05, 0.1) is 0 Å². The maximum atomic E-state index is 11.0. The number of nitrogens with one attached hydrogen (secondary N) is 1. The quantitative estimate of drug-likeness (QED) is 0.763. The normalized spacial score (nSPS) is 18.3. The Morgan fingerprint density at radius 1 is 1.64 bits per heavy atom. The number of aromatic nitrogens is 2. The van der Waals surface area contributed by atoms with Crippen LogP contribution in [0.25, 0.3) is 0 Å². The molecule has 0 bridgehead atoms. The first-order valence-corrected chi connectivity index (χ1v) is 4.53. The molecule has 1 aliphatic carbocycles. The minimum absolute atomic E-state index is 0.0306. The fourth-order valence-electron chi connectivity index (χ4n) is 1.25. The van der Waals surface area contributed by atoms with Crippen LogP contribution in [0, 0.1) is 0 Å². The molecule has 11 heavy (non-hydrogen) atoms. The molecule has 0 spiro atoms. The SMILES string of the molecule is O=c1[nH]n(C2CCC2)cc1Br. The van der Waals surface area contributed by atoms with Gasteiger partial charge in [-0.3, -0.25) is 14.6 Å². The predicted molar refractivity (Wildman–Crippen MR) is 45.6 cm³/mol. The predicted octanol–water partition coefficient (Wildman–Crippen LogP) is 1.66. The van der Waals surface area contributed by atoms with Crippen molar-refractivity contribution in [2.24, 2.45) is 0 Å². The van der Waals surface area contributed by atoms with Gasteiger partial charge in [0.1, 0.15) is 4.47 Å². The van der Waals surface area contributed by atoms with Crippen LogP contribution < -0.4 is 5.56 Å². The third-order valence-electron chi connectivity index (χ3n) is 2.17. The first-order valence-electron chi connectivity index (χ1n) is 3.74. The first-order chi connectivity index (χ1) is 5.27. The van der Waals surface area contributed by atoms with Gasteiger partial charge in [-0.1, -0.05) is 0 Å². The van der Waals surface area contributed by atoms with E-state index in [0.717, 1.165) is 0 Å². The molecule has 1 aliphatic rings. The van der Waals surface area contributed by atoms with Crippen LogP contribution in [0.15, 0.2) is 15.5 Å². The van der Waals surface area contributed by atoms with Crippen LogP contribution in [0.3, 0.4) is 0 Å². The molecule has 1 heterocycles. The third-order valence-corrected chi connectivity index (χ3v) is 2.73. The van der Waals surface area contributed by atoms with Crippen molar-refractivity contribution in [2.45, 2.75) is 25.3 Å². The fraction of sp³-hybridized carbons (Fsp3) is 0.571. The molecular weight excluding hydrogens is 208 g/mol.